The molecule has 152 valence electrons. The van der Waals surface area contributed by atoms with E-state index in [0.717, 1.165) is 56.0 Å². The van der Waals surface area contributed by atoms with Crippen LogP contribution in [0.15, 0.2) is 18.2 Å². The Morgan fingerprint density at radius 2 is 1.64 bits per heavy atom. The number of benzene rings is 1. The van der Waals surface area contributed by atoms with E-state index < -0.39 is 0 Å². The van der Waals surface area contributed by atoms with Crippen molar-refractivity contribution in [3.63, 3.8) is 0 Å². The summed E-state index contributed by atoms with van der Waals surface area (Å²) in [5.41, 5.74) is 1.16. The highest BCUT2D eigenvalue weighted by Crippen LogP contribution is 2.33. The molecule has 0 bridgehead atoms. The first-order valence-electron chi connectivity index (χ1n) is 10.3. The molecule has 0 saturated carbocycles. The van der Waals surface area contributed by atoms with Crippen molar-refractivity contribution in [2.75, 3.05) is 33.0 Å². The van der Waals surface area contributed by atoms with Gasteiger partial charge in [0.2, 0.25) is 6.79 Å². The highest BCUT2D eigenvalue weighted by molar-refractivity contribution is 6.35. The van der Waals surface area contributed by atoms with Gasteiger partial charge in [0.15, 0.2) is 11.5 Å². The minimum atomic E-state index is -0.344. The summed E-state index contributed by atoms with van der Waals surface area (Å²) in [6.45, 7) is 7.87. The molecule has 3 aliphatic heterocycles. The van der Waals surface area contributed by atoms with E-state index in [1.54, 1.807) is 9.80 Å². The second-order valence-electron chi connectivity index (χ2n) is 8.10. The molecule has 3 aliphatic rings. The predicted octanol–water partition coefficient (Wildman–Crippen LogP) is 1.85. The molecule has 2 saturated heterocycles. The lowest BCUT2D eigenvalue weighted by Gasteiger charge is -2.40. The zero-order valence-electron chi connectivity index (χ0n) is 16.7. The zero-order valence-corrected chi connectivity index (χ0v) is 16.7. The van der Waals surface area contributed by atoms with E-state index in [2.05, 4.69) is 4.90 Å². The number of rotatable bonds is 2. The lowest BCUT2D eigenvalue weighted by atomic mass is 9.97. The molecule has 4 rings (SSSR count). The molecule has 7 nitrogen and oxygen atoms in total. The molecule has 0 spiro atoms. The molecular formula is C21H29N3O4. The van der Waals surface area contributed by atoms with E-state index in [1.807, 2.05) is 32.0 Å². The van der Waals surface area contributed by atoms with Crippen molar-refractivity contribution in [3.05, 3.63) is 23.8 Å². The fourth-order valence-electron chi connectivity index (χ4n) is 4.47. The Morgan fingerprint density at radius 3 is 2.36 bits per heavy atom. The number of carbonyl (C=O) groups excluding carboxylic acids is 2. The van der Waals surface area contributed by atoms with Crippen molar-refractivity contribution in [1.29, 1.82) is 0 Å². The van der Waals surface area contributed by atoms with E-state index in [4.69, 9.17) is 9.47 Å². The number of piperazine rings is 1. The lowest BCUT2D eigenvalue weighted by Crippen LogP contribution is -2.56. The maximum Gasteiger partial charge on any atom is 0.312 e. The summed E-state index contributed by atoms with van der Waals surface area (Å²) in [6.07, 6.45) is 3.08. The Morgan fingerprint density at radius 1 is 0.964 bits per heavy atom. The van der Waals surface area contributed by atoms with Crippen LogP contribution >= 0.6 is 0 Å². The molecule has 1 aromatic carbocycles. The molecule has 2 atom stereocenters. The van der Waals surface area contributed by atoms with Gasteiger partial charge in [0, 0.05) is 44.8 Å². The third kappa shape index (κ3) is 3.81. The lowest BCUT2D eigenvalue weighted by molar-refractivity contribution is -0.156. The van der Waals surface area contributed by atoms with Crippen LogP contribution in [0.2, 0.25) is 0 Å². The van der Waals surface area contributed by atoms with Crippen LogP contribution in [0.4, 0.5) is 0 Å². The van der Waals surface area contributed by atoms with Crippen molar-refractivity contribution in [1.82, 2.24) is 14.7 Å². The van der Waals surface area contributed by atoms with Crippen LogP contribution in [0, 0.1) is 0 Å². The molecule has 0 radical (unpaired) electrons. The molecule has 1 aromatic rings. The summed E-state index contributed by atoms with van der Waals surface area (Å²) in [4.78, 5) is 31.4. The zero-order chi connectivity index (χ0) is 19.7. The minimum absolute atomic E-state index is 0.146. The van der Waals surface area contributed by atoms with Gasteiger partial charge in [-0.05, 0) is 50.8 Å². The number of hydrogen-bond acceptors (Lipinski definition) is 5. The van der Waals surface area contributed by atoms with Gasteiger partial charge in [0.25, 0.3) is 0 Å². The Kier molecular flexibility index (Phi) is 5.44. The Bertz CT molecular complexity index is 735. The number of nitrogens with zero attached hydrogens (tertiary/aromatic N) is 3. The number of hydrogen-bond donors (Lipinski definition) is 0. The molecule has 3 heterocycles. The van der Waals surface area contributed by atoms with Crippen LogP contribution < -0.4 is 9.47 Å². The standard InChI is InChI=1S/C21H29N3O4/c1-15-4-3-5-16(2)24(15)21(26)20(25)23-10-8-22(9-11-23)13-17-6-7-18-19(12-17)28-14-27-18/h6-7,12,15-16H,3-5,8-11,13-14H2,1-2H3. The number of piperidine rings is 1. The molecule has 2 amide bonds. The van der Waals surface area contributed by atoms with Crippen LogP contribution in [-0.2, 0) is 16.1 Å². The van der Waals surface area contributed by atoms with Crippen LogP contribution in [0.5, 0.6) is 11.5 Å². The molecule has 2 fully saturated rings. The number of fused-ring (bicyclic) bond motifs is 1. The summed E-state index contributed by atoms with van der Waals surface area (Å²) in [6, 6.07) is 6.30. The van der Waals surface area contributed by atoms with E-state index in [0.29, 0.717) is 13.1 Å². The van der Waals surface area contributed by atoms with Crippen molar-refractivity contribution < 1.29 is 19.1 Å². The number of carbonyl (C=O) groups is 2. The Hall–Kier alpha value is -2.28. The Labute approximate surface area is 166 Å². The van der Waals surface area contributed by atoms with E-state index >= 15 is 0 Å². The summed E-state index contributed by atoms with van der Waals surface area (Å²) < 4.78 is 10.8. The predicted molar refractivity (Wildman–Crippen MR) is 104 cm³/mol. The third-order valence-corrected chi connectivity index (χ3v) is 6.11. The Balaban J connectivity index is 1.31. The third-order valence-electron chi connectivity index (χ3n) is 6.11. The van der Waals surface area contributed by atoms with Gasteiger partial charge >= 0.3 is 11.8 Å². The summed E-state index contributed by atoms with van der Waals surface area (Å²) in [5.74, 6) is 0.910. The number of amides is 2. The number of likely N-dealkylation sites (tertiary alicyclic amines) is 1. The first-order chi connectivity index (χ1) is 13.5. The quantitative estimate of drug-likeness (QED) is 0.725. The van der Waals surface area contributed by atoms with Crippen molar-refractivity contribution in [3.8, 4) is 11.5 Å². The second-order valence-corrected chi connectivity index (χ2v) is 8.10. The van der Waals surface area contributed by atoms with Gasteiger partial charge in [0.1, 0.15) is 0 Å². The summed E-state index contributed by atoms with van der Waals surface area (Å²) >= 11 is 0. The van der Waals surface area contributed by atoms with Gasteiger partial charge in [-0.2, -0.15) is 0 Å². The van der Waals surface area contributed by atoms with Crippen LogP contribution in [0.3, 0.4) is 0 Å². The SMILES string of the molecule is CC1CCCC(C)N1C(=O)C(=O)N1CCN(Cc2ccc3c(c2)OCO3)CC1. The molecule has 0 aromatic heterocycles. The first-order valence-corrected chi connectivity index (χ1v) is 10.3. The van der Waals surface area contributed by atoms with Gasteiger partial charge in [-0.15, -0.1) is 0 Å². The van der Waals surface area contributed by atoms with E-state index in [-0.39, 0.29) is 30.7 Å². The maximum atomic E-state index is 12.8. The van der Waals surface area contributed by atoms with Crippen molar-refractivity contribution >= 4 is 11.8 Å². The summed E-state index contributed by atoms with van der Waals surface area (Å²) in [5, 5.41) is 0. The van der Waals surface area contributed by atoms with E-state index in [9.17, 15) is 9.59 Å². The monoisotopic (exact) mass is 387 g/mol. The normalized spacial score (nSPS) is 25.1. The second kappa shape index (κ2) is 7.99. The van der Waals surface area contributed by atoms with Crippen LogP contribution in [0.1, 0.15) is 38.7 Å². The molecule has 0 N–H and O–H groups in total. The average Bonchev–Trinajstić information content (AvgIpc) is 3.15. The van der Waals surface area contributed by atoms with Crippen LogP contribution in [0.25, 0.3) is 0 Å². The van der Waals surface area contributed by atoms with Gasteiger partial charge in [-0.1, -0.05) is 6.07 Å². The fraction of sp³-hybridized carbons (Fsp3) is 0.619. The molecule has 2 unspecified atom stereocenters. The average molecular weight is 387 g/mol. The maximum absolute atomic E-state index is 12.8. The van der Waals surface area contributed by atoms with Crippen molar-refractivity contribution in [2.24, 2.45) is 0 Å². The summed E-state index contributed by atoms with van der Waals surface area (Å²) in [7, 11) is 0. The fourth-order valence-corrected chi connectivity index (χ4v) is 4.47. The van der Waals surface area contributed by atoms with E-state index in [1.165, 1.54) is 0 Å². The largest absolute Gasteiger partial charge is 0.454 e. The number of ether oxygens (including phenoxy) is 2. The smallest absolute Gasteiger partial charge is 0.312 e. The van der Waals surface area contributed by atoms with Crippen LogP contribution in [-0.4, -0.2) is 71.6 Å². The first kappa shape index (κ1) is 19.1. The topological polar surface area (TPSA) is 62.3 Å². The molecule has 0 aliphatic carbocycles. The van der Waals surface area contributed by atoms with Crippen molar-refractivity contribution in [2.45, 2.75) is 51.7 Å². The highest BCUT2D eigenvalue weighted by Gasteiger charge is 2.35. The molecule has 28 heavy (non-hydrogen) atoms. The van der Waals surface area contributed by atoms with Gasteiger partial charge in [-0.25, -0.2) is 0 Å². The highest BCUT2D eigenvalue weighted by atomic mass is 16.7. The minimum Gasteiger partial charge on any atom is -0.454 e. The van der Waals surface area contributed by atoms with Gasteiger partial charge < -0.3 is 19.3 Å². The van der Waals surface area contributed by atoms with Gasteiger partial charge in [-0.3, -0.25) is 14.5 Å². The molecule has 7 heteroatoms. The van der Waals surface area contributed by atoms with Gasteiger partial charge in [0.05, 0.1) is 0 Å². The molecular weight excluding hydrogens is 358 g/mol.